The summed E-state index contributed by atoms with van der Waals surface area (Å²) in [6.45, 7) is 0. The second-order valence-corrected chi connectivity index (χ2v) is 5.55. The summed E-state index contributed by atoms with van der Waals surface area (Å²) in [6, 6.07) is 12.1. The van der Waals surface area contributed by atoms with Crippen molar-refractivity contribution in [3.05, 3.63) is 48.2 Å². The van der Waals surface area contributed by atoms with Gasteiger partial charge in [-0.25, -0.2) is 0 Å². The number of aliphatic carboxylic acids is 1. The Bertz CT molecular complexity index is 694. The first-order valence-electron chi connectivity index (χ1n) is 7.48. The summed E-state index contributed by atoms with van der Waals surface area (Å²) in [5.41, 5.74) is 0. The quantitative estimate of drug-likeness (QED) is 0.885. The molecule has 0 aliphatic heterocycles. The average Bonchev–Trinajstić information content (AvgIpc) is 3.18. The van der Waals surface area contributed by atoms with Crippen LogP contribution in [0.2, 0.25) is 0 Å². The standard InChI is InChI=1S/C17H17NO5/c19-16(18-12-7-6-11(10-12)17(20)21)14-8-9-15(23-14)22-13-4-2-1-3-5-13/h1-5,8-9,11-12H,6-7,10H2,(H,18,19)(H,20,21)/t11-,12+/m1/s1. The predicted molar refractivity (Wildman–Crippen MR) is 81.5 cm³/mol. The van der Waals surface area contributed by atoms with Gasteiger partial charge in [0.2, 0.25) is 0 Å². The lowest BCUT2D eigenvalue weighted by Crippen LogP contribution is -2.33. The Kier molecular flexibility index (Phi) is 4.32. The van der Waals surface area contributed by atoms with Gasteiger partial charge in [-0.15, -0.1) is 0 Å². The molecule has 2 atom stereocenters. The van der Waals surface area contributed by atoms with Crippen LogP contribution >= 0.6 is 0 Å². The van der Waals surface area contributed by atoms with Gasteiger partial charge in [0.25, 0.3) is 11.9 Å². The molecule has 1 aliphatic rings. The number of hydrogen-bond acceptors (Lipinski definition) is 4. The molecule has 120 valence electrons. The van der Waals surface area contributed by atoms with Crippen molar-refractivity contribution in [3.63, 3.8) is 0 Å². The Balaban J connectivity index is 1.57. The van der Waals surface area contributed by atoms with Gasteiger partial charge in [-0.05, 0) is 37.5 Å². The molecule has 0 bridgehead atoms. The van der Waals surface area contributed by atoms with E-state index in [4.69, 9.17) is 14.3 Å². The van der Waals surface area contributed by atoms with Gasteiger partial charge >= 0.3 is 5.97 Å². The molecule has 2 aromatic rings. The van der Waals surface area contributed by atoms with Crippen LogP contribution in [0.25, 0.3) is 0 Å². The van der Waals surface area contributed by atoms with Gasteiger partial charge in [0.15, 0.2) is 5.76 Å². The number of benzene rings is 1. The van der Waals surface area contributed by atoms with E-state index in [2.05, 4.69) is 5.32 Å². The maximum Gasteiger partial charge on any atom is 0.306 e. The van der Waals surface area contributed by atoms with Crippen molar-refractivity contribution in [1.82, 2.24) is 5.32 Å². The molecule has 1 fully saturated rings. The van der Waals surface area contributed by atoms with E-state index in [1.807, 2.05) is 18.2 Å². The average molecular weight is 315 g/mol. The molecule has 1 saturated carbocycles. The molecular formula is C17H17NO5. The van der Waals surface area contributed by atoms with E-state index in [1.165, 1.54) is 6.07 Å². The summed E-state index contributed by atoms with van der Waals surface area (Å²) in [4.78, 5) is 23.1. The highest BCUT2D eigenvalue weighted by Crippen LogP contribution is 2.27. The normalized spacial score (nSPS) is 20.2. The number of carboxylic acid groups (broad SMARTS) is 1. The zero-order valence-electron chi connectivity index (χ0n) is 12.4. The molecule has 1 aromatic carbocycles. The molecule has 0 unspecified atom stereocenters. The van der Waals surface area contributed by atoms with E-state index in [0.717, 1.165) is 0 Å². The third-order valence-corrected chi connectivity index (χ3v) is 3.88. The first-order valence-corrected chi connectivity index (χ1v) is 7.48. The van der Waals surface area contributed by atoms with E-state index < -0.39 is 5.97 Å². The molecule has 1 amide bonds. The summed E-state index contributed by atoms with van der Waals surface area (Å²) in [5, 5.41) is 11.8. The van der Waals surface area contributed by atoms with E-state index in [9.17, 15) is 9.59 Å². The summed E-state index contributed by atoms with van der Waals surface area (Å²) in [7, 11) is 0. The Morgan fingerprint density at radius 1 is 1.13 bits per heavy atom. The summed E-state index contributed by atoms with van der Waals surface area (Å²) in [6.07, 6.45) is 1.70. The van der Waals surface area contributed by atoms with Gasteiger partial charge in [-0.3, -0.25) is 9.59 Å². The number of carboxylic acids is 1. The highest BCUT2D eigenvalue weighted by molar-refractivity contribution is 5.91. The van der Waals surface area contributed by atoms with Crippen LogP contribution in [0.5, 0.6) is 11.7 Å². The fraction of sp³-hybridized carbons (Fsp3) is 0.294. The largest absolute Gasteiger partial charge is 0.481 e. The van der Waals surface area contributed by atoms with E-state index in [-0.39, 0.29) is 29.6 Å². The van der Waals surface area contributed by atoms with Crippen LogP contribution in [-0.2, 0) is 4.79 Å². The smallest absolute Gasteiger partial charge is 0.306 e. The van der Waals surface area contributed by atoms with Crippen molar-refractivity contribution in [3.8, 4) is 11.7 Å². The SMILES string of the molecule is O=C(N[C@H]1CC[C@@H](C(=O)O)C1)c1ccc(Oc2ccccc2)o1. The molecule has 1 aromatic heterocycles. The summed E-state index contributed by atoms with van der Waals surface area (Å²) < 4.78 is 10.9. The molecule has 6 nitrogen and oxygen atoms in total. The van der Waals surface area contributed by atoms with Crippen LogP contribution in [0.4, 0.5) is 0 Å². The molecule has 1 aliphatic carbocycles. The van der Waals surface area contributed by atoms with Crippen molar-refractivity contribution >= 4 is 11.9 Å². The molecule has 0 saturated heterocycles. The van der Waals surface area contributed by atoms with Crippen molar-refractivity contribution < 1.29 is 23.8 Å². The zero-order chi connectivity index (χ0) is 16.2. The lowest BCUT2D eigenvalue weighted by Gasteiger charge is -2.10. The molecule has 2 N–H and O–H groups in total. The van der Waals surface area contributed by atoms with E-state index in [1.54, 1.807) is 18.2 Å². The number of para-hydroxylation sites is 1. The maximum atomic E-state index is 12.1. The highest BCUT2D eigenvalue weighted by atomic mass is 16.6. The van der Waals surface area contributed by atoms with Crippen LogP contribution in [0.1, 0.15) is 29.8 Å². The van der Waals surface area contributed by atoms with Crippen LogP contribution in [0.15, 0.2) is 46.9 Å². The minimum absolute atomic E-state index is 0.132. The van der Waals surface area contributed by atoms with Gasteiger partial charge in [-0.2, -0.15) is 0 Å². The van der Waals surface area contributed by atoms with Gasteiger partial charge in [-0.1, -0.05) is 18.2 Å². The molecule has 1 heterocycles. The molecule has 6 heteroatoms. The maximum absolute atomic E-state index is 12.1. The Hall–Kier alpha value is -2.76. The second-order valence-electron chi connectivity index (χ2n) is 5.55. The van der Waals surface area contributed by atoms with Crippen LogP contribution in [-0.4, -0.2) is 23.0 Å². The predicted octanol–water partition coefficient (Wildman–Crippen LogP) is 3.06. The Morgan fingerprint density at radius 3 is 2.61 bits per heavy atom. The van der Waals surface area contributed by atoms with Gasteiger partial charge in [0, 0.05) is 12.1 Å². The van der Waals surface area contributed by atoms with Crippen LogP contribution in [0, 0.1) is 5.92 Å². The van der Waals surface area contributed by atoms with Crippen LogP contribution in [0.3, 0.4) is 0 Å². The molecule has 23 heavy (non-hydrogen) atoms. The van der Waals surface area contributed by atoms with Crippen molar-refractivity contribution in [1.29, 1.82) is 0 Å². The van der Waals surface area contributed by atoms with Crippen LogP contribution < -0.4 is 10.1 Å². The number of furan rings is 1. The minimum Gasteiger partial charge on any atom is -0.481 e. The number of amides is 1. The first kappa shape index (κ1) is 15.1. The fourth-order valence-corrected chi connectivity index (χ4v) is 2.70. The topological polar surface area (TPSA) is 88.8 Å². The number of nitrogens with one attached hydrogen (secondary N) is 1. The number of carbonyl (C=O) groups excluding carboxylic acids is 1. The Labute approximate surface area is 133 Å². The number of rotatable bonds is 5. The molecular weight excluding hydrogens is 298 g/mol. The van der Waals surface area contributed by atoms with Gasteiger partial charge in [0.1, 0.15) is 5.75 Å². The lowest BCUT2D eigenvalue weighted by molar-refractivity contribution is -0.141. The highest BCUT2D eigenvalue weighted by Gasteiger charge is 2.31. The first-order chi connectivity index (χ1) is 11.1. The molecule has 0 radical (unpaired) electrons. The summed E-state index contributed by atoms with van der Waals surface area (Å²) in [5.74, 6) is -0.545. The molecule has 0 spiro atoms. The van der Waals surface area contributed by atoms with Crippen molar-refractivity contribution in [2.45, 2.75) is 25.3 Å². The lowest BCUT2D eigenvalue weighted by atomic mass is 10.1. The zero-order valence-corrected chi connectivity index (χ0v) is 12.4. The van der Waals surface area contributed by atoms with E-state index in [0.29, 0.717) is 25.0 Å². The minimum atomic E-state index is -0.807. The Morgan fingerprint density at radius 2 is 1.91 bits per heavy atom. The van der Waals surface area contributed by atoms with Gasteiger partial charge < -0.3 is 19.6 Å². The third kappa shape index (κ3) is 3.71. The van der Waals surface area contributed by atoms with Crippen molar-refractivity contribution in [2.75, 3.05) is 0 Å². The fourth-order valence-electron chi connectivity index (χ4n) is 2.70. The van der Waals surface area contributed by atoms with Gasteiger partial charge in [0.05, 0.1) is 5.92 Å². The second kappa shape index (κ2) is 6.56. The number of ether oxygens (including phenoxy) is 1. The van der Waals surface area contributed by atoms with E-state index >= 15 is 0 Å². The molecule has 3 rings (SSSR count). The third-order valence-electron chi connectivity index (χ3n) is 3.88. The summed E-state index contributed by atoms with van der Waals surface area (Å²) >= 11 is 0. The monoisotopic (exact) mass is 315 g/mol. The number of hydrogen-bond donors (Lipinski definition) is 2. The van der Waals surface area contributed by atoms with Crippen molar-refractivity contribution in [2.24, 2.45) is 5.92 Å². The number of carbonyl (C=O) groups is 2.